The molecule has 0 saturated carbocycles. The number of hydrogen-bond acceptors (Lipinski definition) is 3. The zero-order valence-electron chi connectivity index (χ0n) is 8.56. The van der Waals surface area contributed by atoms with E-state index in [4.69, 9.17) is 16.7 Å². The Hall–Kier alpha value is -1.49. The third kappa shape index (κ3) is 2.36. The van der Waals surface area contributed by atoms with Crippen LogP contribution < -0.4 is 5.32 Å². The van der Waals surface area contributed by atoms with Crippen LogP contribution in [0.1, 0.15) is 6.42 Å². The molecule has 2 heterocycles. The van der Waals surface area contributed by atoms with Crippen molar-refractivity contribution in [3.8, 4) is 0 Å². The standard InChI is InChI=1S/C10H12ClN3O2/c11-8-2-1-4-12-9(8)13-7-3-5-14(6-7)10(15)16/h1-2,4,7H,3,5-6H2,(H,12,13)(H,15,16)/t7-/m1/s1. The molecule has 0 unspecified atom stereocenters. The zero-order chi connectivity index (χ0) is 11.5. The number of nitrogens with one attached hydrogen (secondary N) is 1. The van der Waals surface area contributed by atoms with Crippen molar-refractivity contribution in [2.24, 2.45) is 0 Å². The normalized spacial score (nSPS) is 19.8. The Morgan fingerprint density at radius 3 is 3.12 bits per heavy atom. The summed E-state index contributed by atoms with van der Waals surface area (Å²) in [5.41, 5.74) is 0. The Labute approximate surface area is 98.0 Å². The number of anilines is 1. The molecule has 6 heteroatoms. The van der Waals surface area contributed by atoms with Crippen molar-refractivity contribution in [2.75, 3.05) is 18.4 Å². The summed E-state index contributed by atoms with van der Waals surface area (Å²) in [6, 6.07) is 3.59. The molecular formula is C10H12ClN3O2. The number of hydrogen-bond donors (Lipinski definition) is 2. The third-order valence-electron chi connectivity index (χ3n) is 2.56. The SMILES string of the molecule is O=C(O)N1CC[C@@H](Nc2ncccc2Cl)C1. The van der Waals surface area contributed by atoms with E-state index in [9.17, 15) is 4.79 Å². The largest absolute Gasteiger partial charge is 0.465 e. The Morgan fingerprint density at radius 2 is 2.50 bits per heavy atom. The van der Waals surface area contributed by atoms with E-state index in [0.717, 1.165) is 6.42 Å². The highest BCUT2D eigenvalue weighted by atomic mass is 35.5. The molecule has 1 saturated heterocycles. The Morgan fingerprint density at radius 1 is 1.69 bits per heavy atom. The van der Waals surface area contributed by atoms with Gasteiger partial charge in [0.1, 0.15) is 5.82 Å². The number of rotatable bonds is 2. The van der Waals surface area contributed by atoms with Crippen LogP contribution in [0, 0.1) is 0 Å². The molecular weight excluding hydrogens is 230 g/mol. The topological polar surface area (TPSA) is 65.5 Å². The van der Waals surface area contributed by atoms with Gasteiger partial charge in [-0.2, -0.15) is 0 Å². The van der Waals surface area contributed by atoms with E-state index < -0.39 is 6.09 Å². The molecule has 0 aromatic carbocycles. The minimum absolute atomic E-state index is 0.0866. The molecule has 5 nitrogen and oxygen atoms in total. The number of amides is 1. The Balaban J connectivity index is 1.97. The Kier molecular flexibility index (Phi) is 3.14. The molecule has 1 aliphatic rings. The first-order valence-electron chi connectivity index (χ1n) is 5.02. The minimum Gasteiger partial charge on any atom is -0.465 e. The summed E-state index contributed by atoms with van der Waals surface area (Å²) in [6.07, 6.45) is 1.55. The van der Waals surface area contributed by atoms with E-state index in [1.807, 2.05) is 0 Å². The third-order valence-corrected chi connectivity index (χ3v) is 2.86. The van der Waals surface area contributed by atoms with E-state index in [1.54, 1.807) is 18.3 Å². The van der Waals surface area contributed by atoms with Crippen molar-refractivity contribution in [3.05, 3.63) is 23.4 Å². The lowest BCUT2D eigenvalue weighted by Gasteiger charge is -2.14. The second kappa shape index (κ2) is 4.57. The highest BCUT2D eigenvalue weighted by Crippen LogP contribution is 2.21. The molecule has 2 N–H and O–H groups in total. The molecule has 1 aromatic heterocycles. The smallest absolute Gasteiger partial charge is 0.407 e. The van der Waals surface area contributed by atoms with Gasteiger partial charge in [-0.15, -0.1) is 0 Å². The van der Waals surface area contributed by atoms with E-state index >= 15 is 0 Å². The van der Waals surface area contributed by atoms with E-state index in [2.05, 4.69) is 10.3 Å². The predicted molar refractivity (Wildman–Crippen MR) is 60.9 cm³/mol. The van der Waals surface area contributed by atoms with Crippen molar-refractivity contribution in [3.63, 3.8) is 0 Å². The van der Waals surface area contributed by atoms with Crippen LogP contribution in [0.2, 0.25) is 5.02 Å². The first-order chi connectivity index (χ1) is 7.66. The van der Waals surface area contributed by atoms with Gasteiger partial charge < -0.3 is 15.3 Å². The summed E-state index contributed by atoms with van der Waals surface area (Å²) in [7, 11) is 0. The first-order valence-corrected chi connectivity index (χ1v) is 5.39. The molecule has 1 aromatic rings. The molecule has 1 fully saturated rings. The fourth-order valence-electron chi connectivity index (χ4n) is 1.74. The van der Waals surface area contributed by atoms with Gasteiger partial charge in [-0.25, -0.2) is 9.78 Å². The van der Waals surface area contributed by atoms with Gasteiger partial charge >= 0.3 is 6.09 Å². The molecule has 1 atom stereocenters. The quantitative estimate of drug-likeness (QED) is 0.830. The van der Waals surface area contributed by atoms with Crippen molar-refractivity contribution < 1.29 is 9.90 Å². The fraction of sp³-hybridized carbons (Fsp3) is 0.400. The van der Waals surface area contributed by atoms with Crippen LogP contribution in [0.5, 0.6) is 0 Å². The summed E-state index contributed by atoms with van der Waals surface area (Å²) in [6.45, 7) is 1.03. The fourth-order valence-corrected chi connectivity index (χ4v) is 1.91. The number of likely N-dealkylation sites (tertiary alicyclic amines) is 1. The molecule has 2 rings (SSSR count). The van der Waals surface area contributed by atoms with E-state index in [0.29, 0.717) is 23.9 Å². The van der Waals surface area contributed by atoms with Gasteiger partial charge in [0.15, 0.2) is 0 Å². The van der Waals surface area contributed by atoms with Gasteiger partial charge in [0.2, 0.25) is 0 Å². The van der Waals surface area contributed by atoms with Gasteiger partial charge in [0.25, 0.3) is 0 Å². The highest BCUT2D eigenvalue weighted by Gasteiger charge is 2.26. The van der Waals surface area contributed by atoms with Crippen LogP contribution in [0.3, 0.4) is 0 Å². The lowest BCUT2D eigenvalue weighted by Crippen LogP contribution is -2.30. The maximum absolute atomic E-state index is 10.7. The average molecular weight is 242 g/mol. The van der Waals surface area contributed by atoms with Crippen molar-refractivity contribution in [1.29, 1.82) is 0 Å². The molecule has 0 radical (unpaired) electrons. The second-order valence-electron chi connectivity index (χ2n) is 3.69. The predicted octanol–water partition coefficient (Wildman–Crippen LogP) is 1.90. The number of pyridine rings is 1. The molecule has 1 amide bonds. The maximum atomic E-state index is 10.7. The summed E-state index contributed by atoms with van der Waals surface area (Å²) < 4.78 is 0. The average Bonchev–Trinajstić information content (AvgIpc) is 2.70. The van der Waals surface area contributed by atoms with Gasteiger partial charge in [0.05, 0.1) is 5.02 Å². The number of aromatic nitrogens is 1. The van der Waals surface area contributed by atoms with Crippen LogP contribution in [-0.4, -0.2) is 40.2 Å². The summed E-state index contributed by atoms with van der Waals surface area (Å²) in [5, 5.41) is 12.5. The molecule has 0 aliphatic carbocycles. The second-order valence-corrected chi connectivity index (χ2v) is 4.10. The van der Waals surface area contributed by atoms with Gasteiger partial charge in [-0.1, -0.05) is 11.6 Å². The Bertz CT molecular complexity index is 399. The van der Waals surface area contributed by atoms with Crippen LogP contribution >= 0.6 is 11.6 Å². The zero-order valence-corrected chi connectivity index (χ0v) is 9.31. The molecule has 0 spiro atoms. The van der Waals surface area contributed by atoms with Gasteiger partial charge in [0, 0.05) is 25.3 Å². The summed E-state index contributed by atoms with van der Waals surface area (Å²) in [5.74, 6) is 0.612. The van der Waals surface area contributed by atoms with Crippen LogP contribution in [0.4, 0.5) is 10.6 Å². The lowest BCUT2D eigenvalue weighted by atomic mass is 10.2. The lowest BCUT2D eigenvalue weighted by molar-refractivity contribution is 0.155. The van der Waals surface area contributed by atoms with Crippen LogP contribution in [0.25, 0.3) is 0 Å². The number of carbonyl (C=O) groups is 1. The maximum Gasteiger partial charge on any atom is 0.407 e. The molecule has 1 aliphatic heterocycles. The summed E-state index contributed by atoms with van der Waals surface area (Å²) in [4.78, 5) is 16.2. The van der Waals surface area contributed by atoms with Crippen molar-refractivity contribution in [1.82, 2.24) is 9.88 Å². The number of halogens is 1. The van der Waals surface area contributed by atoms with Crippen molar-refractivity contribution >= 4 is 23.5 Å². The summed E-state index contributed by atoms with van der Waals surface area (Å²) >= 11 is 5.95. The minimum atomic E-state index is -0.878. The highest BCUT2D eigenvalue weighted by molar-refractivity contribution is 6.32. The molecule has 86 valence electrons. The van der Waals surface area contributed by atoms with Gasteiger partial charge in [-0.05, 0) is 18.6 Å². The van der Waals surface area contributed by atoms with Gasteiger partial charge in [-0.3, -0.25) is 0 Å². The van der Waals surface area contributed by atoms with Crippen LogP contribution in [-0.2, 0) is 0 Å². The van der Waals surface area contributed by atoms with E-state index in [1.165, 1.54) is 4.90 Å². The monoisotopic (exact) mass is 241 g/mol. The number of nitrogens with zero attached hydrogens (tertiary/aromatic N) is 2. The van der Waals surface area contributed by atoms with Crippen LogP contribution in [0.15, 0.2) is 18.3 Å². The van der Waals surface area contributed by atoms with Crippen molar-refractivity contribution in [2.45, 2.75) is 12.5 Å². The molecule has 0 bridgehead atoms. The first kappa shape index (κ1) is 11.0. The number of carboxylic acid groups (broad SMARTS) is 1. The van der Waals surface area contributed by atoms with E-state index in [-0.39, 0.29) is 6.04 Å². The molecule has 16 heavy (non-hydrogen) atoms.